The third kappa shape index (κ3) is 4.38. The Morgan fingerprint density at radius 1 is 1.44 bits per heavy atom. The molecule has 1 nitrogen and oxygen atoms in total. The first-order chi connectivity index (χ1) is 7.67. The molecule has 0 amide bonds. The molecule has 0 saturated carbocycles. The van der Waals surface area contributed by atoms with Crippen LogP contribution in [0, 0.1) is 12.8 Å². The maximum Gasteiger partial charge on any atom is 0.123 e. The Kier molecular flexibility index (Phi) is 6.29. The van der Waals surface area contributed by atoms with E-state index in [0.29, 0.717) is 5.92 Å². The number of benzene rings is 1. The summed E-state index contributed by atoms with van der Waals surface area (Å²) in [6.45, 7) is 5.02. The molecule has 1 aromatic rings. The molecule has 1 unspecified atom stereocenters. The Hall–Kier alpha value is -0.150. The van der Waals surface area contributed by atoms with E-state index in [2.05, 4.69) is 48.5 Å². The Morgan fingerprint density at radius 3 is 2.81 bits per heavy atom. The smallest absolute Gasteiger partial charge is 0.123 e. The average Bonchev–Trinajstić information content (AvgIpc) is 2.28. The Bertz CT molecular complexity index is 328. The lowest BCUT2D eigenvalue weighted by atomic mass is 10.1. The maximum absolute atomic E-state index is 5.84. The monoisotopic (exact) mass is 302 g/mol. The summed E-state index contributed by atoms with van der Waals surface area (Å²) in [6.07, 6.45) is 2.36. The number of hydrogen-bond donors (Lipinski definition) is 1. The number of aryl methyl sites for hydroxylation is 1. The van der Waals surface area contributed by atoms with E-state index >= 15 is 0 Å². The SMILES string of the molecule is CCCC(CS)COc1cc(Br)ccc1C. The van der Waals surface area contributed by atoms with Gasteiger partial charge in [0.2, 0.25) is 0 Å². The van der Waals surface area contributed by atoms with E-state index in [9.17, 15) is 0 Å². The average molecular weight is 303 g/mol. The van der Waals surface area contributed by atoms with Gasteiger partial charge in [-0.3, -0.25) is 0 Å². The standard InChI is InChI=1S/C13H19BrOS/c1-3-4-11(9-16)8-15-13-7-12(14)6-5-10(13)2/h5-7,11,16H,3-4,8-9H2,1-2H3. The molecule has 0 fully saturated rings. The second-order valence-corrected chi connectivity index (χ2v) is 5.34. The summed E-state index contributed by atoms with van der Waals surface area (Å²) in [6, 6.07) is 6.12. The fraction of sp³-hybridized carbons (Fsp3) is 0.538. The lowest BCUT2D eigenvalue weighted by molar-refractivity contribution is 0.253. The molecule has 0 radical (unpaired) electrons. The minimum Gasteiger partial charge on any atom is -0.493 e. The van der Waals surface area contributed by atoms with E-state index in [1.807, 2.05) is 12.1 Å². The zero-order valence-corrected chi connectivity index (χ0v) is 12.4. The van der Waals surface area contributed by atoms with E-state index in [0.717, 1.165) is 22.6 Å². The Labute approximate surface area is 112 Å². The fourth-order valence-corrected chi connectivity index (χ4v) is 2.20. The number of ether oxygens (including phenoxy) is 1. The van der Waals surface area contributed by atoms with Crippen LogP contribution in [0.15, 0.2) is 22.7 Å². The predicted octanol–water partition coefficient (Wildman–Crippen LogP) is 4.48. The molecule has 0 saturated heterocycles. The van der Waals surface area contributed by atoms with Crippen LogP contribution in [0.3, 0.4) is 0 Å². The molecule has 1 aromatic carbocycles. The topological polar surface area (TPSA) is 9.23 Å². The summed E-state index contributed by atoms with van der Waals surface area (Å²) in [5, 5.41) is 0. The number of rotatable bonds is 6. The van der Waals surface area contributed by atoms with Gasteiger partial charge in [-0.1, -0.05) is 35.3 Å². The quantitative estimate of drug-likeness (QED) is 0.762. The lowest BCUT2D eigenvalue weighted by Gasteiger charge is -2.16. The summed E-state index contributed by atoms with van der Waals surface area (Å²) in [5.41, 5.74) is 1.18. The van der Waals surface area contributed by atoms with Gasteiger partial charge in [0.1, 0.15) is 5.75 Å². The highest BCUT2D eigenvalue weighted by molar-refractivity contribution is 9.10. The zero-order valence-electron chi connectivity index (χ0n) is 9.87. The summed E-state index contributed by atoms with van der Waals surface area (Å²) < 4.78 is 6.91. The van der Waals surface area contributed by atoms with E-state index in [1.54, 1.807) is 0 Å². The second kappa shape index (κ2) is 7.23. The first kappa shape index (κ1) is 13.9. The first-order valence-electron chi connectivity index (χ1n) is 5.67. The molecular formula is C13H19BrOS. The Balaban J connectivity index is 2.55. The molecule has 0 heterocycles. The van der Waals surface area contributed by atoms with Crippen LogP contribution in [0.1, 0.15) is 25.3 Å². The maximum atomic E-state index is 5.84. The predicted molar refractivity (Wildman–Crippen MR) is 76.6 cm³/mol. The van der Waals surface area contributed by atoms with Crippen LogP contribution >= 0.6 is 28.6 Å². The van der Waals surface area contributed by atoms with Crippen LogP contribution in [0.2, 0.25) is 0 Å². The summed E-state index contributed by atoms with van der Waals surface area (Å²) >= 11 is 7.81. The molecule has 0 N–H and O–H groups in total. The van der Waals surface area contributed by atoms with Crippen LogP contribution in [0.5, 0.6) is 5.75 Å². The molecule has 1 atom stereocenters. The van der Waals surface area contributed by atoms with Crippen molar-refractivity contribution in [2.45, 2.75) is 26.7 Å². The van der Waals surface area contributed by atoms with E-state index in [4.69, 9.17) is 4.74 Å². The second-order valence-electron chi connectivity index (χ2n) is 4.06. The molecule has 1 rings (SSSR count). The molecule has 90 valence electrons. The molecule has 3 heteroatoms. The summed E-state index contributed by atoms with van der Waals surface area (Å²) in [4.78, 5) is 0. The minimum absolute atomic E-state index is 0.548. The van der Waals surface area contributed by atoms with Crippen LogP contribution in [-0.4, -0.2) is 12.4 Å². The number of thiol groups is 1. The Morgan fingerprint density at radius 2 is 2.19 bits per heavy atom. The summed E-state index contributed by atoms with van der Waals surface area (Å²) in [7, 11) is 0. The van der Waals surface area contributed by atoms with Gasteiger partial charge in [-0.2, -0.15) is 12.6 Å². The molecule has 0 bridgehead atoms. The number of hydrogen-bond acceptors (Lipinski definition) is 2. The fourth-order valence-electron chi connectivity index (χ4n) is 1.57. The van der Waals surface area contributed by atoms with Gasteiger partial charge in [-0.15, -0.1) is 0 Å². The van der Waals surface area contributed by atoms with Crippen molar-refractivity contribution in [1.29, 1.82) is 0 Å². The highest BCUT2D eigenvalue weighted by atomic mass is 79.9. The van der Waals surface area contributed by atoms with Crippen molar-refractivity contribution < 1.29 is 4.74 Å². The highest BCUT2D eigenvalue weighted by Crippen LogP contribution is 2.23. The normalized spacial score (nSPS) is 12.5. The van der Waals surface area contributed by atoms with E-state index < -0.39 is 0 Å². The van der Waals surface area contributed by atoms with Crippen molar-refractivity contribution in [3.8, 4) is 5.75 Å². The molecule has 0 aliphatic heterocycles. The molecule has 0 spiro atoms. The summed E-state index contributed by atoms with van der Waals surface area (Å²) in [5.74, 6) is 2.41. The van der Waals surface area contributed by atoms with Crippen molar-refractivity contribution >= 4 is 28.6 Å². The van der Waals surface area contributed by atoms with Gasteiger partial charge in [0.05, 0.1) is 6.61 Å². The van der Waals surface area contributed by atoms with E-state index in [1.165, 1.54) is 18.4 Å². The van der Waals surface area contributed by atoms with Gasteiger partial charge in [-0.05, 0) is 36.8 Å². The van der Waals surface area contributed by atoms with Crippen molar-refractivity contribution in [3.63, 3.8) is 0 Å². The molecule has 16 heavy (non-hydrogen) atoms. The van der Waals surface area contributed by atoms with Crippen LogP contribution in [0.4, 0.5) is 0 Å². The molecule has 0 aliphatic rings. The van der Waals surface area contributed by atoms with Crippen LogP contribution in [0.25, 0.3) is 0 Å². The molecule has 0 aliphatic carbocycles. The molecule has 0 aromatic heterocycles. The van der Waals surface area contributed by atoms with Crippen molar-refractivity contribution in [2.75, 3.05) is 12.4 Å². The van der Waals surface area contributed by atoms with Gasteiger partial charge in [0.25, 0.3) is 0 Å². The van der Waals surface area contributed by atoms with Gasteiger partial charge >= 0.3 is 0 Å². The van der Waals surface area contributed by atoms with Crippen molar-refractivity contribution in [2.24, 2.45) is 5.92 Å². The van der Waals surface area contributed by atoms with Gasteiger partial charge in [-0.25, -0.2) is 0 Å². The van der Waals surface area contributed by atoms with Crippen LogP contribution < -0.4 is 4.74 Å². The van der Waals surface area contributed by atoms with Crippen molar-refractivity contribution in [1.82, 2.24) is 0 Å². The third-order valence-electron chi connectivity index (χ3n) is 2.58. The third-order valence-corrected chi connectivity index (χ3v) is 3.59. The van der Waals surface area contributed by atoms with Gasteiger partial charge < -0.3 is 4.74 Å². The van der Waals surface area contributed by atoms with Gasteiger partial charge in [0.15, 0.2) is 0 Å². The first-order valence-corrected chi connectivity index (χ1v) is 7.09. The van der Waals surface area contributed by atoms with Gasteiger partial charge in [0, 0.05) is 10.4 Å². The van der Waals surface area contributed by atoms with Crippen molar-refractivity contribution in [3.05, 3.63) is 28.2 Å². The minimum atomic E-state index is 0.548. The zero-order chi connectivity index (χ0) is 12.0. The van der Waals surface area contributed by atoms with Crippen LogP contribution in [-0.2, 0) is 0 Å². The highest BCUT2D eigenvalue weighted by Gasteiger charge is 2.08. The molecular weight excluding hydrogens is 284 g/mol. The largest absolute Gasteiger partial charge is 0.493 e. The lowest BCUT2D eigenvalue weighted by Crippen LogP contribution is -2.13. The number of halogens is 1. The van der Waals surface area contributed by atoms with E-state index in [-0.39, 0.29) is 0 Å².